The molecule has 0 atom stereocenters. The summed E-state index contributed by atoms with van der Waals surface area (Å²) in [5.41, 5.74) is 0. The quantitative estimate of drug-likeness (QED) is 0.469. The summed E-state index contributed by atoms with van der Waals surface area (Å²) in [5, 5.41) is 0. The van der Waals surface area contributed by atoms with Gasteiger partial charge in [0, 0.05) is 0 Å². The molecule has 0 heterocycles. The van der Waals surface area contributed by atoms with Gasteiger partial charge in [0.1, 0.15) is 0 Å². The van der Waals surface area contributed by atoms with Crippen molar-refractivity contribution in [2.45, 2.75) is 0 Å². The van der Waals surface area contributed by atoms with Crippen molar-refractivity contribution in [1.82, 2.24) is 0 Å². The van der Waals surface area contributed by atoms with Gasteiger partial charge >= 0.3 is 51.9 Å². The summed E-state index contributed by atoms with van der Waals surface area (Å²) in [5.74, 6) is 0. The van der Waals surface area contributed by atoms with E-state index < -0.39 is 28.2 Å². The molecule has 0 aliphatic heterocycles. The van der Waals surface area contributed by atoms with Crippen LogP contribution in [0.2, 0.25) is 0 Å². The van der Waals surface area contributed by atoms with Gasteiger partial charge in [0.15, 0.2) is 0 Å². The molecule has 0 amide bonds. The van der Waals surface area contributed by atoms with Crippen molar-refractivity contribution in [3.63, 3.8) is 0 Å². The van der Waals surface area contributed by atoms with Crippen molar-refractivity contribution < 1.29 is 23.7 Å². The summed E-state index contributed by atoms with van der Waals surface area (Å²) >= 11 is -6.88. The Morgan fingerprint density at radius 3 is 1.12 bits per heavy atom. The molecule has 0 aromatic carbocycles. The predicted molar refractivity (Wildman–Crippen MR) is 18.7 cm³/mol. The Hall–Kier alpha value is 0.159. The number of hydrogen-bond donors (Lipinski definition) is 2. The van der Waals surface area contributed by atoms with Crippen LogP contribution in [0.4, 0.5) is 0 Å². The average Bonchev–Trinajstić information content (AvgIpc) is 1.27. The van der Waals surface area contributed by atoms with Gasteiger partial charge in [0.2, 0.25) is 0 Å². The van der Waals surface area contributed by atoms with Crippen LogP contribution in [0, 0.1) is 0 Å². The molecule has 0 radical (unpaired) electrons. The maximum atomic E-state index is 8.82. The van der Waals surface area contributed by atoms with E-state index in [1.165, 1.54) is 0 Å². The minimum atomic E-state index is -5.25. The average molecular weight is 256 g/mol. The van der Waals surface area contributed by atoms with Crippen LogP contribution < -0.4 is 0 Å². The molecule has 0 aliphatic carbocycles. The van der Waals surface area contributed by atoms with Crippen LogP contribution >= 0.6 is 0 Å². The van der Waals surface area contributed by atoms with Gasteiger partial charge in [-0.2, -0.15) is 0 Å². The third-order valence-electron chi connectivity index (χ3n) is 0. The van der Waals surface area contributed by atoms with Gasteiger partial charge in [-0.25, -0.2) is 0 Å². The van der Waals surface area contributed by atoms with Gasteiger partial charge in [-0.1, -0.05) is 0 Å². The molecular formula is H2O6Se2. The fraction of sp³-hybridized carbons (Fsp3) is 0. The minimum absolute atomic E-state index is 1.62. The summed E-state index contributed by atoms with van der Waals surface area (Å²) in [6.07, 6.45) is 0. The van der Waals surface area contributed by atoms with Crippen molar-refractivity contribution in [3.8, 4) is 0 Å². The molecule has 8 heteroatoms. The number of hydrogen-bond acceptors (Lipinski definition) is 4. The van der Waals surface area contributed by atoms with E-state index in [2.05, 4.69) is 0 Å². The van der Waals surface area contributed by atoms with Crippen LogP contribution in [0.5, 0.6) is 0 Å². The van der Waals surface area contributed by atoms with Crippen molar-refractivity contribution in [2.75, 3.05) is 0 Å². The molecule has 0 unspecified atom stereocenters. The third kappa shape index (κ3) is 6490. The molecule has 2 N–H and O–H groups in total. The molecule has 0 rings (SSSR count). The first-order chi connectivity index (χ1) is 3.41. The Bertz CT molecular complexity index is 147. The monoisotopic (exact) mass is 258 g/mol. The Morgan fingerprint density at radius 2 is 1.12 bits per heavy atom. The van der Waals surface area contributed by atoms with E-state index in [-0.39, 0.29) is 0 Å². The topological polar surface area (TPSA) is 109 Å². The van der Waals surface area contributed by atoms with Gasteiger partial charge in [-0.15, -0.1) is 0 Å². The van der Waals surface area contributed by atoms with Crippen LogP contribution in [0.1, 0.15) is 0 Å². The van der Waals surface area contributed by atoms with Gasteiger partial charge < -0.3 is 0 Å². The van der Waals surface area contributed by atoms with Crippen molar-refractivity contribution in [3.05, 3.63) is 0 Å². The zero-order chi connectivity index (χ0) is 7.21. The molecule has 0 saturated heterocycles. The van der Waals surface area contributed by atoms with Crippen molar-refractivity contribution in [1.29, 1.82) is 0 Å². The summed E-state index contributed by atoms with van der Waals surface area (Å²) in [7, 11) is 0. The standard InChI is InChI=1S/H2O4Se.O2Se/c1-5(2,3)4;1-3-2/h(H2,1,2,3,4);. The summed E-state index contributed by atoms with van der Waals surface area (Å²) < 4.78 is 48.8. The molecule has 0 bridgehead atoms. The molecule has 8 heavy (non-hydrogen) atoms. The second kappa shape index (κ2) is 5.30. The Morgan fingerprint density at radius 1 is 1.12 bits per heavy atom. The molecule has 0 fully saturated rings. The SMILES string of the molecule is O=[Se](=O)(O)O.O=[Se]=O. The van der Waals surface area contributed by atoms with Gasteiger partial charge in [0.05, 0.1) is 0 Å². The third-order valence-corrected chi connectivity index (χ3v) is 0. The van der Waals surface area contributed by atoms with Gasteiger partial charge in [-0.05, 0) is 0 Å². The normalized spacial score (nSPS) is 8.75. The molecule has 6 nitrogen and oxygen atoms in total. The summed E-state index contributed by atoms with van der Waals surface area (Å²) in [4.78, 5) is 0. The van der Waals surface area contributed by atoms with E-state index in [0.717, 1.165) is 0 Å². The Balaban J connectivity index is 0. The molecular weight excluding hydrogens is 254 g/mol. The second-order valence-corrected chi connectivity index (χ2v) is 2.68. The first-order valence-electron chi connectivity index (χ1n) is 1.03. The zero-order valence-electron chi connectivity index (χ0n) is 3.34. The van der Waals surface area contributed by atoms with Crippen LogP contribution in [-0.2, 0) is 15.3 Å². The van der Waals surface area contributed by atoms with E-state index in [0.29, 0.717) is 0 Å². The molecule has 0 aromatic rings. The van der Waals surface area contributed by atoms with E-state index in [4.69, 9.17) is 23.7 Å². The van der Waals surface area contributed by atoms with Gasteiger partial charge in [-0.3, -0.25) is 0 Å². The predicted octanol–water partition coefficient (Wildman–Crippen LogP) is -2.35. The molecule has 0 saturated carbocycles. The fourth-order valence-corrected chi connectivity index (χ4v) is 0. The van der Waals surface area contributed by atoms with Crippen LogP contribution in [0.15, 0.2) is 0 Å². The van der Waals surface area contributed by atoms with E-state index >= 15 is 0 Å². The first kappa shape index (κ1) is 11.0. The molecule has 0 spiro atoms. The molecule has 0 aromatic heterocycles. The second-order valence-electron chi connectivity index (χ2n) is 0.516. The van der Waals surface area contributed by atoms with E-state index in [1.54, 1.807) is 0 Å². The zero-order valence-corrected chi connectivity index (χ0v) is 6.77. The maximum absolute atomic E-state index is 8.82. The fourth-order valence-electron chi connectivity index (χ4n) is 0. The van der Waals surface area contributed by atoms with Crippen LogP contribution in [-0.4, -0.2) is 36.6 Å². The van der Waals surface area contributed by atoms with E-state index in [1.807, 2.05) is 0 Å². The first-order valence-corrected chi connectivity index (χ1v) is 5.36. The summed E-state index contributed by atoms with van der Waals surface area (Å²) in [6.45, 7) is 0. The molecule has 50 valence electrons. The van der Waals surface area contributed by atoms with Crippen molar-refractivity contribution >= 4 is 28.2 Å². The van der Waals surface area contributed by atoms with E-state index in [9.17, 15) is 0 Å². The molecule has 0 aliphatic rings. The Labute approximate surface area is 52.4 Å². The number of rotatable bonds is 0. The van der Waals surface area contributed by atoms with Gasteiger partial charge in [0.25, 0.3) is 0 Å². The van der Waals surface area contributed by atoms with Crippen molar-refractivity contribution in [2.24, 2.45) is 0 Å². The van der Waals surface area contributed by atoms with Crippen LogP contribution in [0.3, 0.4) is 0 Å². The summed E-state index contributed by atoms with van der Waals surface area (Å²) in [6, 6.07) is 0. The Kier molecular flexibility index (Phi) is 7.30. The van der Waals surface area contributed by atoms with Crippen LogP contribution in [0.25, 0.3) is 0 Å².